The van der Waals surface area contributed by atoms with Crippen LogP contribution in [0.5, 0.6) is 0 Å². The Balaban J connectivity index is 1.65. The second kappa shape index (κ2) is 9.21. The number of para-hydroxylation sites is 1. The normalized spacial score (nSPS) is 10.2. The highest BCUT2D eigenvalue weighted by Gasteiger charge is 2.01. The summed E-state index contributed by atoms with van der Waals surface area (Å²) < 4.78 is 0. The Kier molecular flexibility index (Phi) is 6.91. The standard InChI is InChI=1S/C19H24N2S/c1-2-17-13-6-7-14-18(17)21-19(22)20-15-9-8-12-16-10-4-3-5-11-16/h3-7,10-11,13-14H,2,8-9,12,15H2,1H3,(H2,20,21,22). The van der Waals surface area contributed by atoms with E-state index in [1.807, 2.05) is 6.07 Å². The maximum absolute atomic E-state index is 5.36. The molecule has 2 rings (SSSR count). The summed E-state index contributed by atoms with van der Waals surface area (Å²) in [7, 11) is 0. The molecule has 2 N–H and O–H groups in total. The molecular weight excluding hydrogens is 288 g/mol. The third-order valence-electron chi connectivity index (χ3n) is 3.67. The largest absolute Gasteiger partial charge is 0.362 e. The second-order valence-electron chi connectivity index (χ2n) is 5.33. The summed E-state index contributed by atoms with van der Waals surface area (Å²) in [4.78, 5) is 0. The quantitative estimate of drug-likeness (QED) is 0.579. The Morgan fingerprint density at radius 1 is 0.955 bits per heavy atom. The molecule has 2 aromatic rings. The van der Waals surface area contributed by atoms with Gasteiger partial charge in [-0.25, -0.2) is 0 Å². The van der Waals surface area contributed by atoms with Crippen molar-refractivity contribution < 1.29 is 0 Å². The van der Waals surface area contributed by atoms with Gasteiger partial charge in [-0.15, -0.1) is 0 Å². The van der Waals surface area contributed by atoms with Crippen molar-refractivity contribution >= 4 is 23.0 Å². The number of aryl methyl sites for hydroxylation is 2. The highest BCUT2D eigenvalue weighted by atomic mass is 32.1. The van der Waals surface area contributed by atoms with E-state index in [0.29, 0.717) is 5.11 Å². The van der Waals surface area contributed by atoms with Crippen LogP contribution in [0.25, 0.3) is 0 Å². The summed E-state index contributed by atoms with van der Waals surface area (Å²) >= 11 is 5.36. The van der Waals surface area contributed by atoms with Crippen LogP contribution in [0.1, 0.15) is 30.9 Å². The minimum Gasteiger partial charge on any atom is -0.362 e. The molecule has 3 heteroatoms. The van der Waals surface area contributed by atoms with E-state index in [1.54, 1.807) is 0 Å². The average Bonchev–Trinajstić information content (AvgIpc) is 2.56. The molecule has 0 unspecified atom stereocenters. The lowest BCUT2D eigenvalue weighted by molar-refractivity contribution is 0.711. The molecule has 0 spiro atoms. The van der Waals surface area contributed by atoms with Crippen LogP contribution < -0.4 is 10.6 Å². The van der Waals surface area contributed by atoms with Crippen molar-refractivity contribution in [1.29, 1.82) is 0 Å². The van der Waals surface area contributed by atoms with Crippen LogP contribution in [0, 0.1) is 0 Å². The van der Waals surface area contributed by atoms with E-state index in [9.17, 15) is 0 Å². The number of benzene rings is 2. The summed E-state index contributed by atoms with van der Waals surface area (Å²) in [6.07, 6.45) is 4.42. The lowest BCUT2D eigenvalue weighted by Crippen LogP contribution is -2.29. The minimum atomic E-state index is 0.709. The van der Waals surface area contributed by atoms with Gasteiger partial charge in [0.15, 0.2) is 5.11 Å². The molecule has 0 radical (unpaired) electrons. The van der Waals surface area contributed by atoms with Crippen molar-refractivity contribution in [3.63, 3.8) is 0 Å². The molecule has 2 aromatic carbocycles. The molecule has 116 valence electrons. The van der Waals surface area contributed by atoms with Gasteiger partial charge in [-0.3, -0.25) is 0 Å². The molecule has 0 atom stereocenters. The number of nitrogens with one attached hydrogen (secondary N) is 2. The molecule has 0 aliphatic rings. The van der Waals surface area contributed by atoms with E-state index >= 15 is 0 Å². The van der Waals surface area contributed by atoms with Crippen molar-refractivity contribution in [3.8, 4) is 0 Å². The molecule has 0 aliphatic carbocycles. The molecule has 2 nitrogen and oxygen atoms in total. The zero-order valence-corrected chi connectivity index (χ0v) is 14.0. The fourth-order valence-corrected chi connectivity index (χ4v) is 2.63. The number of anilines is 1. The Labute approximate surface area is 139 Å². The van der Waals surface area contributed by atoms with Crippen molar-refractivity contribution in [2.75, 3.05) is 11.9 Å². The molecule has 0 amide bonds. The highest BCUT2D eigenvalue weighted by Crippen LogP contribution is 2.15. The third kappa shape index (κ3) is 5.49. The first kappa shape index (κ1) is 16.5. The first-order valence-corrected chi connectivity index (χ1v) is 8.37. The fraction of sp³-hybridized carbons (Fsp3) is 0.316. The molecular formula is C19H24N2S. The number of rotatable bonds is 7. The lowest BCUT2D eigenvalue weighted by Gasteiger charge is -2.13. The van der Waals surface area contributed by atoms with Gasteiger partial charge in [0.05, 0.1) is 0 Å². The lowest BCUT2D eigenvalue weighted by atomic mass is 10.1. The van der Waals surface area contributed by atoms with Crippen molar-refractivity contribution in [1.82, 2.24) is 5.32 Å². The van der Waals surface area contributed by atoms with Gasteiger partial charge in [0.2, 0.25) is 0 Å². The maximum atomic E-state index is 5.36. The molecule has 0 saturated heterocycles. The van der Waals surface area contributed by atoms with Gasteiger partial charge in [-0.05, 0) is 55.1 Å². The van der Waals surface area contributed by atoms with E-state index in [4.69, 9.17) is 12.2 Å². The van der Waals surface area contributed by atoms with Gasteiger partial charge in [0.25, 0.3) is 0 Å². The summed E-state index contributed by atoms with van der Waals surface area (Å²) in [5.74, 6) is 0. The molecule has 0 saturated carbocycles. The average molecular weight is 312 g/mol. The van der Waals surface area contributed by atoms with E-state index in [0.717, 1.165) is 31.5 Å². The Bertz CT molecular complexity index is 581. The van der Waals surface area contributed by atoms with Gasteiger partial charge in [-0.2, -0.15) is 0 Å². The Hall–Kier alpha value is -1.87. The SMILES string of the molecule is CCc1ccccc1NC(=S)NCCCCc1ccccc1. The molecule has 0 aromatic heterocycles. The number of hydrogen-bond acceptors (Lipinski definition) is 1. The second-order valence-corrected chi connectivity index (χ2v) is 5.74. The summed E-state index contributed by atoms with van der Waals surface area (Å²) in [5.41, 5.74) is 3.79. The topological polar surface area (TPSA) is 24.1 Å². The van der Waals surface area contributed by atoms with Crippen LogP contribution in [0.2, 0.25) is 0 Å². The van der Waals surface area contributed by atoms with E-state index < -0.39 is 0 Å². The third-order valence-corrected chi connectivity index (χ3v) is 3.91. The monoisotopic (exact) mass is 312 g/mol. The maximum Gasteiger partial charge on any atom is 0.170 e. The van der Waals surface area contributed by atoms with Crippen LogP contribution in [0.15, 0.2) is 54.6 Å². The van der Waals surface area contributed by atoms with Crippen LogP contribution in [0.4, 0.5) is 5.69 Å². The van der Waals surface area contributed by atoms with Gasteiger partial charge >= 0.3 is 0 Å². The zero-order chi connectivity index (χ0) is 15.6. The molecule has 0 heterocycles. The Morgan fingerprint density at radius 2 is 1.68 bits per heavy atom. The van der Waals surface area contributed by atoms with E-state index in [-0.39, 0.29) is 0 Å². The van der Waals surface area contributed by atoms with Crippen LogP contribution in [-0.2, 0) is 12.8 Å². The van der Waals surface area contributed by atoms with Gasteiger partial charge in [0.1, 0.15) is 0 Å². The minimum absolute atomic E-state index is 0.709. The van der Waals surface area contributed by atoms with Gasteiger partial charge in [-0.1, -0.05) is 55.5 Å². The number of hydrogen-bond donors (Lipinski definition) is 2. The van der Waals surface area contributed by atoms with Gasteiger partial charge in [0, 0.05) is 12.2 Å². The summed E-state index contributed by atoms with van der Waals surface area (Å²) in [6, 6.07) is 18.9. The van der Waals surface area contributed by atoms with Crippen molar-refractivity contribution in [2.24, 2.45) is 0 Å². The first-order valence-electron chi connectivity index (χ1n) is 7.96. The van der Waals surface area contributed by atoms with Crippen LogP contribution in [0.3, 0.4) is 0 Å². The van der Waals surface area contributed by atoms with Crippen LogP contribution >= 0.6 is 12.2 Å². The smallest absolute Gasteiger partial charge is 0.170 e. The van der Waals surface area contributed by atoms with Crippen LogP contribution in [-0.4, -0.2) is 11.7 Å². The summed E-state index contributed by atoms with van der Waals surface area (Å²) in [5, 5.41) is 7.29. The predicted octanol–water partition coefficient (Wildman–Crippen LogP) is 4.56. The predicted molar refractivity (Wildman–Crippen MR) is 99.4 cm³/mol. The zero-order valence-electron chi connectivity index (χ0n) is 13.1. The first-order chi connectivity index (χ1) is 10.8. The van der Waals surface area contributed by atoms with E-state index in [1.165, 1.54) is 17.5 Å². The number of thiocarbonyl (C=S) groups is 1. The van der Waals surface area contributed by atoms with E-state index in [2.05, 4.69) is 66.1 Å². The Morgan fingerprint density at radius 3 is 2.45 bits per heavy atom. The van der Waals surface area contributed by atoms with Gasteiger partial charge < -0.3 is 10.6 Å². The molecule has 0 fully saturated rings. The number of unbranched alkanes of at least 4 members (excludes halogenated alkanes) is 1. The highest BCUT2D eigenvalue weighted by molar-refractivity contribution is 7.80. The fourth-order valence-electron chi connectivity index (χ4n) is 2.42. The molecule has 0 bridgehead atoms. The summed E-state index contributed by atoms with van der Waals surface area (Å²) in [6.45, 7) is 3.06. The van der Waals surface area contributed by atoms with Crippen molar-refractivity contribution in [2.45, 2.75) is 32.6 Å². The molecule has 0 aliphatic heterocycles. The van der Waals surface area contributed by atoms with Crippen molar-refractivity contribution in [3.05, 3.63) is 65.7 Å². The molecule has 22 heavy (non-hydrogen) atoms.